The van der Waals surface area contributed by atoms with E-state index in [1.807, 2.05) is 20.8 Å². The van der Waals surface area contributed by atoms with Crippen molar-refractivity contribution in [2.24, 2.45) is 0 Å². The molecule has 25 heavy (non-hydrogen) atoms. The summed E-state index contributed by atoms with van der Waals surface area (Å²) >= 11 is 0. The minimum Gasteiger partial charge on any atom is -0.499 e. The molecule has 1 atom stereocenters. The summed E-state index contributed by atoms with van der Waals surface area (Å²) in [7, 11) is 2.93. The molecule has 1 saturated carbocycles. The van der Waals surface area contributed by atoms with Gasteiger partial charge in [-0.25, -0.2) is 9.59 Å². The number of nitrogens with one attached hydrogen (secondary N) is 1. The summed E-state index contributed by atoms with van der Waals surface area (Å²) in [5.74, 6) is 0.312. The van der Waals surface area contributed by atoms with E-state index in [0.29, 0.717) is 5.56 Å². The number of ether oxygens (including phenoxy) is 3. The summed E-state index contributed by atoms with van der Waals surface area (Å²) in [5.41, 5.74) is 1.82. The Morgan fingerprint density at radius 3 is 2.08 bits per heavy atom. The van der Waals surface area contributed by atoms with Crippen molar-refractivity contribution in [2.75, 3.05) is 14.2 Å². The average molecular weight is 347 g/mol. The van der Waals surface area contributed by atoms with E-state index in [4.69, 9.17) is 14.2 Å². The van der Waals surface area contributed by atoms with Gasteiger partial charge in [-0.05, 0) is 56.9 Å². The van der Waals surface area contributed by atoms with E-state index in [1.54, 1.807) is 31.4 Å². The molecule has 6 nitrogen and oxygen atoms in total. The van der Waals surface area contributed by atoms with Crippen molar-refractivity contribution < 1.29 is 23.8 Å². The summed E-state index contributed by atoms with van der Waals surface area (Å²) < 4.78 is 15.6. The number of hydrogen-bond donors (Lipinski definition) is 1. The van der Waals surface area contributed by atoms with Crippen LogP contribution in [-0.2, 0) is 14.2 Å². The van der Waals surface area contributed by atoms with Crippen molar-refractivity contribution in [3.8, 4) is 0 Å². The number of hydrogen-bond acceptors (Lipinski definition) is 5. The van der Waals surface area contributed by atoms with Crippen LogP contribution in [0.5, 0.6) is 0 Å². The highest BCUT2D eigenvalue weighted by molar-refractivity contribution is 5.89. The van der Waals surface area contributed by atoms with Gasteiger partial charge in [0.05, 0.1) is 19.8 Å². The topological polar surface area (TPSA) is 73.9 Å². The fourth-order valence-electron chi connectivity index (χ4n) is 2.43. The van der Waals surface area contributed by atoms with Gasteiger partial charge in [-0.2, -0.15) is 0 Å². The predicted molar refractivity (Wildman–Crippen MR) is 93.2 cm³/mol. The molecule has 0 aromatic heterocycles. The molecule has 1 aromatic rings. The number of amides is 1. The lowest BCUT2D eigenvalue weighted by Crippen LogP contribution is -2.36. The molecule has 0 heterocycles. The van der Waals surface area contributed by atoms with Gasteiger partial charge >= 0.3 is 12.1 Å². The van der Waals surface area contributed by atoms with E-state index in [1.165, 1.54) is 12.7 Å². The molecule has 1 aliphatic rings. The Labute approximate surface area is 148 Å². The molecule has 6 heteroatoms. The summed E-state index contributed by atoms with van der Waals surface area (Å²) in [5, 5.41) is 2.86. The molecule has 1 aliphatic carbocycles. The number of methoxy groups -OCH3 is 2. The van der Waals surface area contributed by atoms with Gasteiger partial charge in [0.25, 0.3) is 0 Å². The molecule has 0 radical (unpaired) electrons. The molecule has 136 valence electrons. The smallest absolute Gasteiger partial charge is 0.408 e. The first-order chi connectivity index (χ1) is 11.7. The van der Waals surface area contributed by atoms with Crippen molar-refractivity contribution in [3.63, 3.8) is 0 Å². The van der Waals surface area contributed by atoms with E-state index in [-0.39, 0.29) is 0 Å². The first kappa shape index (κ1) is 18.8. The number of benzene rings is 1. The third-order valence-electron chi connectivity index (χ3n) is 3.66. The van der Waals surface area contributed by atoms with Crippen molar-refractivity contribution in [1.29, 1.82) is 0 Å². The highest BCUT2D eigenvalue weighted by Gasteiger charge is 2.29. The van der Waals surface area contributed by atoms with Gasteiger partial charge in [0.1, 0.15) is 17.4 Å². The zero-order chi connectivity index (χ0) is 18.6. The Hall–Kier alpha value is -2.50. The van der Waals surface area contributed by atoms with E-state index in [0.717, 1.165) is 24.2 Å². The van der Waals surface area contributed by atoms with Crippen molar-refractivity contribution >= 4 is 12.1 Å². The van der Waals surface area contributed by atoms with Crippen LogP contribution in [0.2, 0.25) is 0 Å². The van der Waals surface area contributed by atoms with E-state index in [2.05, 4.69) is 5.32 Å². The Balaban J connectivity index is 2.27. The predicted octanol–water partition coefficient (Wildman–Crippen LogP) is 3.73. The van der Waals surface area contributed by atoms with Crippen LogP contribution in [0.15, 0.2) is 35.6 Å². The maximum absolute atomic E-state index is 12.2. The quantitative estimate of drug-likeness (QED) is 0.649. The first-order valence-corrected chi connectivity index (χ1v) is 8.19. The van der Waals surface area contributed by atoms with Gasteiger partial charge in [-0.3, -0.25) is 0 Å². The van der Waals surface area contributed by atoms with Crippen molar-refractivity contribution in [3.05, 3.63) is 46.7 Å². The lowest BCUT2D eigenvalue weighted by molar-refractivity contribution is 0.0495. The van der Waals surface area contributed by atoms with Crippen LogP contribution >= 0.6 is 0 Å². The molecule has 1 fully saturated rings. The minimum absolute atomic E-state index is 0.407. The standard InChI is InChI=1S/C19H25NO5/c1-19(2,3)25-18(22)20-15(16(23-4)13-8-9-13)12-6-10-14(11-7-12)17(21)24-5/h6-7,10-11,15H,8-9H2,1-5H3,(H,20,22). The SMILES string of the molecule is COC(=O)c1ccc(C(NC(=O)OC(C)(C)C)C(OC)=C2CC2)cc1. The fourth-order valence-corrected chi connectivity index (χ4v) is 2.43. The third-order valence-corrected chi connectivity index (χ3v) is 3.66. The maximum Gasteiger partial charge on any atom is 0.408 e. The Kier molecular flexibility index (Phi) is 5.72. The number of allylic oxidation sites excluding steroid dienone is 1. The number of rotatable bonds is 5. The van der Waals surface area contributed by atoms with Crippen LogP contribution in [0.25, 0.3) is 0 Å². The van der Waals surface area contributed by atoms with Crippen LogP contribution in [0, 0.1) is 0 Å². The minimum atomic E-state index is -0.594. The summed E-state index contributed by atoms with van der Waals surface area (Å²) in [4.78, 5) is 23.8. The van der Waals surface area contributed by atoms with E-state index >= 15 is 0 Å². The van der Waals surface area contributed by atoms with Gasteiger partial charge < -0.3 is 19.5 Å². The fraction of sp³-hybridized carbons (Fsp3) is 0.474. The molecule has 1 aromatic carbocycles. The van der Waals surface area contributed by atoms with Gasteiger partial charge in [0.15, 0.2) is 0 Å². The highest BCUT2D eigenvalue weighted by atomic mass is 16.6. The third kappa shape index (κ3) is 5.24. The largest absolute Gasteiger partial charge is 0.499 e. The number of carbonyl (C=O) groups excluding carboxylic acids is 2. The molecule has 0 bridgehead atoms. The number of carbonyl (C=O) groups is 2. The number of esters is 1. The molecule has 0 saturated heterocycles. The Morgan fingerprint density at radius 2 is 1.64 bits per heavy atom. The van der Waals surface area contributed by atoms with E-state index < -0.39 is 23.7 Å². The lowest BCUT2D eigenvalue weighted by Gasteiger charge is -2.25. The van der Waals surface area contributed by atoms with Gasteiger partial charge in [0, 0.05) is 0 Å². The Morgan fingerprint density at radius 1 is 1.04 bits per heavy atom. The van der Waals surface area contributed by atoms with E-state index in [9.17, 15) is 9.59 Å². The zero-order valence-electron chi connectivity index (χ0n) is 15.3. The monoisotopic (exact) mass is 347 g/mol. The molecular weight excluding hydrogens is 322 g/mol. The van der Waals surface area contributed by atoms with Crippen LogP contribution in [0.3, 0.4) is 0 Å². The van der Waals surface area contributed by atoms with Crippen LogP contribution in [0.4, 0.5) is 4.79 Å². The van der Waals surface area contributed by atoms with Crippen molar-refractivity contribution in [2.45, 2.75) is 45.3 Å². The summed E-state index contributed by atoms with van der Waals surface area (Å²) in [6.07, 6.45) is 1.39. The molecule has 1 unspecified atom stereocenters. The van der Waals surface area contributed by atoms with Gasteiger partial charge in [0.2, 0.25) is 0 Å². The van der Waals surface area contributed by atoms with Crippen LogP contribution in [-0.4, -0.2) is 31.9 Å². The Bertz CT molecular complexity index is 664. The molecule has 2 rings (SSSR count). The maximum atomic E-state index is 12.2. The number of alkyl carbamates (subject to hydrolysis) is 1. The molecule has 1 amide bonds. The molecule has 0 spiro atoms. The second-order valence-corrected chi connectivity index (χ2v) is 6.86. The first-order valence-electron chi connectivity index (χ1n) is 8.19. The molecule has 1 N–H and O–H groups in total. The van der Waals surface area contributed by atoms with Gasteiger partial charge in [-0.15, -0.1) is 0 Å². The highest BCUT2D eigenvalue weighted by Crippen LogP contribution is 2.38. The van der Waals surface area contributed by atoms with Gasteiger partial charge in [-0.1, -0.05) is 12.1 Å². The van der Waals surface area contributed by atoms with Crippen LogP contribution < -0.4 is 5.32 Å². The summed E-state index contributed by atoms with van der Waals surface area (Å²) in [6.45, 7) is 5.43. The average Bonchev–Trinajstić information content (AvgIpc) is 3.37. The molecular formula is C19H25NO5. The van der Waals surface area contributed by atoms with Crippen molar-refractivity contribution in [1.82, 2.24) is 5.32 Å². The lowest BCUT2D eigenvalue weighted by atomic mass is 10.0. The zero-order valence-corrected chi connectivity index (χ0v) is 15.3. The summed E-state index contributed by atoms with van der Waals surface area (Å²) in [6, 6.07) is 6.40. The second kappa shape index (κ2) is 7.59. The van der Waals surface area contributed by atoms with Crippen LogP contribution in [0.1, 0.15) is 55.6 Å². The molecule has 0 aliphatic heterocycles. The normalized spacial score (nSPS) is 14.4. The second-order valence-electron chi connectivity index (χ2n) is 6.86.